The SMILES string of the molecule is CC#CCn1nnc(-c2cccc(C(=O)OC(C)C)c2)n1. The van der Waals surface area contributed by atoms with Crippen LogP contribution in [0.5, 0.6) is 0 Å². The number of hydrogen-bond acceptors (Lipinski definition) is 5. The van der Waals surface area contributed by atoms with E-state index in [1.165, 1.54) is 4.80 Å². The maximum atomic E-state index is 11.9. The van der Waals surface area contributed by atoms with Crippen molar-refractivity contribution in [3.05, 3.63) is 29.8 Å². The smallest absolute Gasteiger partial charge is 0.338 e. The van der Waals surface area contributed by atoms with Crippen LogP contribution in [0.4, 0.5) is 0 Å². The average molecular weight is 284 g/mol. The Kier molecular flexibility index (Phi) is 4.67. The lowest BCUT2D eigenvalue weighted by Gasteiger charge is -2.08. The molecule has 0 fully saturated rings. The molecular formula is C15H16N4O2. The molecule has 0 aliphatic rings. The van der Waals surface area contributed by atoms with Crippen LogP contribution in [-0.4, -0.2) is 32.3 Å². The quantitative estimate of drug-likeness (QED) is 0.634. The molecule has 0 unspecified atom stereocenters. The number of hydrogen-bond donors (Lipinski definition) is 0. The molecular weight excluding hydrogens is 268 g/mol. The molecule has 6 heteroatoms. The summed E-state index contributed by atoms with van der Waals surface area (Å²) < 4.78 is 5.17. The van der Waals surface area contributed by atoms with Gasteiger partial charge >= 0.3 is 5.97 Å². The van der Waals surface area contributed by atoms with E-state index in [1.807, 2.05) is 19.9 Å². The highest BCUT2D eigenvalue weighted by Gasteiger charge is 2.12. The normalized spacial score (nSPS) is 10.1. The van der Waals surface area contributed by atoms with E-state index in [2.05, 4.69) is 27.3 Å². The van der Waals surface area contributed by atoms with Gasteiger partial charge in [-0.15, -0.1) is 16.1 Å². The highest BCUT2D eigenvalue weighted by molar-refractivity contribution is 5.90. The van der Waals surface area contributed by atoms with E-state index >= 15 is 0 Å². The summed E-state index contributed by atoms with van der Waals surface area (Å²) in [6, 6.07) is 6.97. The third-order valence-corrected chi connectivity index (χ3v) is 2.55. The first-order chi connectivity index (χ1) is 10.1. The summed E-state index contributed by atoms with van der Waals surface area (Å²) in [5, 5.41) is 12.1. The van der Waals surface area contributed by atoms with Gasteiger partial charge in [-0.2, -0.15) is 4.80 Å². The third-order valence-electron chi connectivity index (χ3n) is 2.55. The summed E-state index contributed by atoms with van der Waals surface area (Å²) in [7, 11) is 0. The van der Waals surface area contributed by atoms with Gasteiger partial charge in [0, 0.05) is 5.56 Å². The van der Waals surface area contributed by atoms with E-state index in [9.17, 15) is 4.79 Å². The predicted octanol–water partition coefficient (Wildman–Crippen LogP) is 1.93. The summed E-state index contributed by atoms with van der Waals surface area (Å²) in [6.07, 6.45) is -0.159. The van der Waals surface area contributed by atoms with E-state index in [0.717, 1.165) is 0 Å². The van der Waals surface area contributed by atoms with Crippen molar-refractivity contribution in [1.29, 1.82) is 0 Å². The van der Waals surface area contributed by atoms with Crippen molar-refractivity contribution in [1.82, 2.24) is 20.2 Å². The topological polar surface area (TPSA) is 69.9 Å². The van der Waals surface area contributed by atoms with Crippen molar-refractivity contribution in [2.75, 3.05) is 0 Å². The first kappa shape index (κ1) is 14.7. The van der Waals surface area contributed by atoms with Gasteiger partial charge in [0.2, 0.25) is 5.82 Å². The second-order valence-electron chi connectivity index (χ2n) is 4.61. The summed E-state index contributed by atoms with van der Waals surface area (Å²) in [4.78, 5) is 13.3. The van der Waals surface area contributed by atoms with Crippen LogP contribution in [0.1, 0.15) is 31.1 Å². The first-order valence-electron chi connectivity index (χ1n) is 6.59. The zero-order valence-corrected chi connectivity index (χ0v) is 12.2. The fraction of sp³-hybridized carbons (Fsp3) is 0.333. The lowest BCUT2D eigenvalue weighted by Crippen LogP contribution is -2.11. The molecule has 0 bridgehead atoms. The Morgan fingerprint density at radius 1 is 1.43 bits per heavy atom. The second-order valence-corrected chi connectivity index (χ2v) is 4.61. The molecule has 6 nitrogen and oxygen atoms in total. The minimum absolute atomic E-state index is 0.159. The minimum atomic E-state index is -0.365. The zero-order chi connectivity index (χ0) is 15.2. The molecule has 0 radical (unpaired) electrons. The number of nitrogens with zero attached hydrogens (tertiary/aromatic N) is 4. The molecule has 0 aliphatic heterocycles. The summed E-state index contributed by atoms with van der Waals surface area (Å²) >= 11 is 0. The number of ether oxygens (including phenoxy) is 1. The Morgan fingerprint density at radius 3 is 2.95 bits per heavy atom. The van der Waals surface area contributed by atoms with Gasteiger partial charge in [-0.05, 0) is 38.1 Å². The molecule has 1 heterocycles. The van der Waals surface area contributed by atoms with Crippen molar-refractivity contribution in [2.45, 2.75) is 33.4 Å². The second kappa shape index (κ2) is 6.66. The molecule has 21 heavy (non-hydrogen) atoms. The van der Waals surface area contributed by atoms with Gasteiger partial charge < -0.3 is 4.74 Å². The van der Waals surface area contributed by atoms with Gasteiger partial charge in [-0.1, -0.05) is 18.1 Å². The van der Waals surface area contributed by atoms with E-state index in [-0.39, 0.29) is 12.1 Å². The van der Waals surface area contributed by atoms with Crippen molar-refractivity contribution in [3.63, 3.8) is 0 Å². The average Bonchev–Trinajstić information content (AvgIpc) is 2.93. The molecule has 1 aromatic heterocycles. The molecule has 108 valence electrons. The minimum Gasteiger partial charge on any atom is -0.459 e. The van der Waals surface area contributed by atoms with Crippen LogP contribution in [-0.2, 0) is 11.3 Å². The largest absolute Gasteiger partial charge is 0.459 e. The van der Waals surface area contributed by atoms with Crippen LogP contribution in [0, 0.1) is 11.8 Å². The number of tetrazole rings is 1. The molecule has 0 aliphatic carbocycles. The third kappa shape index (κ3) is 3.89. The fourth-order valence-electron chi connectivity index (χ4n) is 1.64. The highest BCUT2D eigenvalue weighted by atomic mass is 16.5. The predicted molar refractivity (Wildman–Crippen MR) is 77.3 cm³/mol. The van der Waals surface area contributed by atoms with Crippen LogP contribution < -0.4 is 0 Å². The number of esters is 1. The number of aromatic nitrogens is 4. The molecule has 0 saturated heterocycles. The molecule has 0 spiro atoms. The maximum Gasteiger partial charge on any atom is 0.338 e. The van der Waals surface area contributed by atoms with Crippen molar-refractivity contribution >= 4 is 5.97 Å². The molecule has 0 N–H and O–H groups in total. The summed E-state index contributed by atoms with van der Waals surface area (Å²) in [6.45, 7) is 5.76. The van der Waals surface area contributed by atoms with Gasteiger partial charge in [-0.3, -0.25) is 0 Å². The fourth-order valence-corrected chi connectivity index (χ4v) is 1.64. The van der Waals surface area contributed by atoms with E-state index in [1.54, 1.807) is 25.1 Å². The number of carbonyl (C=O) groups excluding carboxylic acids is 1. The van der Waals surface area contributed by atoms with Crippen LogP contribution in [0.2, 0.25) is 0 Å². The molecule has 0 atom stereocenters. The Balaban J connectivity index is 2.22. The molecule has 2 aromatic rings. The maximum absolute atomic E-state index is 11.9. The Morgan fingerprint density at radius 2 is 2.24 bits per heavy atom. The number of carbonyl (C=O) groups is 1. The van der Waals surface area contributed by atoms with E-state index < -0.39 is 0 Å². The van der Waals surface area contributed by atoms with Gasteiger partial charge in [0.15, 0.2) is 0 Å². The lowest BCUT2D eigenvalue weighted by molar-refractivity contribution is 0.0378. The van der Waals surface area contributed by atoms with Crippen LogP contribution in [0.25, 0.3) is 11.4 Å². The van der Waals surface area contributed by atoms with Gasteiger partial charge in [0.25, 0.3) is 0 Å². The van der Waals surface area contributed by atoms with E-state index in [0.29, 0.717) is 23.5 Å². The Labute approximate surface area is 123 Å². The van der Waals surface area contributed by atoms with Gasteiger partial charge in [0.05, 0.1) is 11.7 Å². The summed E-state index contributed by atoms with van der Waals surface area (Å²) in [5.74, 6) is 5.71. The summed E-state index contributed by atoms with van der Waals surface area (Å²) in [5.41, 5.74) is 1.18. The number of rotatable bonds is 4. The van der Waals surface area contributed by atoms with Crippen molar-refractivity contribution in [3.8, 4) is 23.2 Å². The molecule has 2 rings (SSSR count). The monoisotopic (exact) mass is 284 g/mol. The number of benzene rings is 1. The van der Waals surface area contributed by atoms with Crippen LogP contribution >= 0.6 is 0 Å². The highest BCUT2D eigenvalue weighted by Crippen LogP contribution is 2.16. The molecule has 1 aromatic carbocycles. The van der Waals surface area contributed by atoms with Crippen molar-refractivity contribution in [2.24, 2.45) is 0 Å². The standard InChI is InChI=1S/C15H16N4O2/c1-4-5-9-19-17-14(16-18-19)12-7-6-8-13(10-12)15(20)21-11(2)3/h6-8,10-11H,9H2,1-3H3. The molecule has 0 amide bonds. The first-order valence-corrected chi connectivity index (χ1v) is 6.59. The van der Waals surface area contributed by atoms with E-state index in [4.69, 9.17) is 4.74 Å². The Bertz CT molecular complexity index is 695. The Hall–Kier alpha value is -2.68. The zero-order valence-electron chi connectivity index (χ0n) is 12.2. The van der Waals surface area contributed by atoms with Crippen molar-refractivity contribution < 1.29 is 9.53 Å². The molecule has 0 saturated carbocycles. The van der Waals surface area contributed by atoms with Gasteiger partial charge in [0.1, 0.15) is 6.54 Å². The van der Waals surface area contributed by atoms with Crippen LogP contribution in [0.15, 0.2) is 24.3 Å². The van der Waals surface area contributed by atoms with Gasteiger partial charge in [-0.25, -0.2) is 4.79 Å². The van der Waals surface area contributed by atoms with Crippen LogP contribution in [0.3, 0.4) is 0 Å². The lowest BCUT2D eigenvalue weighted by atomic mass is 10.1.